The zero-order valence-corrected chi connectivity index (χ0v) is 30.0. The SMILES string of the molecule is CCCNC(=O)C[C@@H]1C[C@@]2(CO2)[C@H](OC(C)=O)[C@@H](/C=C/C(C)=C/C[C@@H]2O[C@H](C)[C@H](NC(=O)/C=C\C(C)[C@@H]3CCCCN3C(=O)O)C[C@@H]2C)O1. The van der Waals surface area contributed by atoms with Crippen LogP contribution in [0.4, 0.5) is 4.79 Å². The molecule has 4 rings (SSSR count). The minimum Gasteiger partial charge on any atom is -0.465 e. The first-order valence-electron chi connectivity index (χ1n) is 18.0. The molecule has 274 valence electrons. The zero-order chi connectivity index (χ0) is 35.7. The van der Waals surface area contributed by atoms with Gasteiger partial charge in [-0.15, -0.1) is 0 Å². The topological polar surface area (TPSA) is 156 Å². The quantitative estimate of drug-likeness (QED) is 0.108. The Labute approximate surface area is 291 Å². The van der Waals surface area contributed by atoms with Crippen molar-refractivity contribution in [1.29, 1.82) is 0 Å². The van der Waals surface area contributed by atoms with Gasteiger partial charge in [-0.3, -0.25) is 14.4 Å². The van der Waals surface area contributed by atoms with Crippen LogP contribution in [-0.4, -0.2) is 102 Å². The van der Waals surface area contributed by atoms with Crippen LogP contribution in [0, 0.1) is 11.8 Å². The Hall–Kier alpha value is -3.22. The van der Waals surface area contributed by atoms with Crippen molar-refractivity contribution in [2.45, 2.75) is 141 Å². The van der Waals surface area contributed by atoms with Crippen LogP contribution in [-0.2, 0) is 33.3 Å². The van der Waals surface area contributed by atoms with Gasteiger partial charge in [0.25, 0.3) is 0 Å². The van der Waals surface area contributed by atoms with Gasteiger partial charge in [-0.25, -0.2) is 4.79 Å². The number of carbonyl (C=O) groups is 4. The molecule has 0 aromatic heterocycles. The highest BCUT2D eigenvalue weighted by Gasteiger charge is 2.60. The lowest BCUT2D eigenvalue weighted by molar-refractivity contribution is -0.179. The van der Waals surface area contributed by atoms with Crippen LogP contribution in [0.25, 0.3) is 0 Å². The Kier molecular flexibility index (Phi) is 13.9. The molecule has 49 heavy (non-hydrogen) atoms. The Morgan fingerprint density at radius 3 is 2.55 bits per heavy atom. The third kappa shape index (κ3) is 10.9. The molecule has 1 unspecified atom stereocenters. The molecule has 4 heterocycles. The maximum atomic E-state index is 12.8. The average molecular weight is 688 g/mol. The second-order valence-electron chi connectivity index (χ2n) is 14.4. The number of piperidine rings is 1. The predicted molar refractivity (Wildman–Crippen MR) is 184 cm³/mol. The molecule has 3 amide bonds. The summed E-state index contributed by atoms with van der Waals surface area (Å²) >= 11 is 0. The molecule has 0 bridgehead atoms. The van der Waals surface area contributed by atoms with E-state index in [1.54, 1.807) is 0 Å². The Morgan fingerprint density at radius 1 is 1.12 bits per heavy atom. The lowest BCUT2D eigenvalue weighted by Gasteiger charge is -2.39. The summed E-state index contributed by atoms with van der Waals surface area (Å²) in [4.78, 5) is 50.4. The molecule has 0 aromatic carbocycles. The molecule has 12 heteroatoms. The van der Waals surface area contributed by atoms with Gasteiger partial charge in [0, 0.05) is 32.5 Å². The average Bonchev–Trinajstić information content (AvgIpc) is 3.83. The maximum Gasteiger partial charge on any atom is 0.407 e. The number of nitrogens with zero attached hydrogens (tertiary/aromatic N) is 1. The first-order valence-corrected chi connectivity index (χ1v) is 18.0. The number of ether oxygens (including phenoxy) is 4. The number of epoxide rings is 1. The fourth-order valence-electron chi connectivity index (χ4n) is 7.35. The number of amides is 3. The van der Waals surface area contributed by atoms with Crippen molar-refractivity contribution < 1.29 is 43.2 Å². The van der Waals surface area contributed by atoms with Gasteiger partial charge in [-0.05, 0) is 70.3 Å². The summed E-state index contributed by atoms with van der Waals surface area (Å²) in [6.45, 7) is 13.0. The van der Waals surface area contributed by atoms with Gasteiger partial charge in [0.1, 0.15) is 11.7 Å². The van der Waals surface area contributed by atoms with Crippen LogP contribution in [0.5, 0.6) is 0 Å². The molecule has 0 saturated carbocycles. The van der Waals surface area contributed by atoms with Crippen LogP contribution >= 0.6 is 0 Å². The highest BCUT2D eigenvalue weighted by atomic mass is 16.7. The van der Waals surface area contributed by atoms with Crippen molar-refractivity contribution in [2.24, 2.45) is 11.8 Å². The summed E-state index contributed by atoms with van der Waals surface area (Å²) in [5.41, 5.74) is 0.362. The minimum absolute atomic E-state index is 0.0239. The van der Waals surface area contributed by atoms with E-state index in [9.17, 15) is 24.3 Å². The molecule has 10 atom stereocenters. The number of nitrogens with one attached hydrogen (secondary N) is 2. The molecule has 4 saturated heterocycles. The van der Waals surface area contributed by atoms with Gasteiger partial charge in [-0.1, -0.05) is 50.6 Å². The van der Waals surface area contributed by atoms with Gasteiger partial charge in [0.2, 0.25) is 11.8 Å². The Balaban J connectivity index is 1.30. The van der Waals surface area contributed by atoms with Crippen molar-refractivity contribution in [3.05, 3.63) is 36.0 Å². The minimum atomic E-state index is -0.904. The summed E-state index contributed by atoms with van der Waals surface area (Å²) in [5, 5.41) is 15.5. The highest BCUT2D eigenvalue weighted by Crippen LogP contribution is 2.45. The lowest BCUT2D eigenvalue weighted by Crippen LogP contribution is -2.52. The van der Waals surface area contributed by atoms with Crippen LogP contribution < -0.4 is 10.6 Å². The van der Waals surface area contributed by atoms with Gasteiger partial charge in [0.15, 0.2) is 6.10 Å². The fourth-order valence-corrected chi connectivity index (χ4v) is 7.35. The molecule has 4 aliphatic heterocycles. The third-order valence-electron chi connectivity index (χ3n) is 10.3. The Morgan fingerprint density at radius 2 is 1.88 bits per heavy atom. The predicted octanol–water partition coefficient (Wildman–Crippen LogP) is 4.68. The van der Waals surface area contributed by atoms with Crippen LogP contribution in [0.15, 0.2) is 36.0 Å². The first kappa shape index (κ1) is 38.6. The van der Waals surface area contributed by atoms with Crippen LogP contribution in [0.3, 0.4) is 0 Å². The largest absolute Gasteiger partial charge is 0.465 e. The molecule has 0 aromatic rings. The third-order valence-corrected chi connectivity index (χ3v) is 10.3. The standard InChI is InChI=1S/C37H57N3O9/c1-7-17-38-34(43)20-28-21-37(22-46-37)35(48-27(6)41)32(49-28)15-12-23(2)11-14-31-25(4)19-29(26(5)47-31)39-33(42)16-13-24(3)30-10-8-9-18-40(30)36(44)45/h11-13,15-16,24-26,28-32,35H,7-10,14,17-22H2,1-6H3,(H,38,43)(H,39,42)(H,44,45)/b15-12+,16-13-,23-11+/t24?,25-,26+,28+,29+,30-,31-,32+,35+,37+/m0/s1. The molecule has 12 nitrogen and oxygen atoms in total. The molecular weight excluding hydrogens is 630 g/mol. The van der Waals surface area contributed by atoms with E-state index < -0.39 is 29.9 Å². The van der Waals surface area contributed by atoms with Crippen LogP contribution in [0.1, 0.15) is 92.9 Å². The smallest absolute Gasteiger partial charge is 0.407 e. The Bertz CT molecular complexity index is 1260. The summed E-state index contributed by atoms with van der Waals surface area (Å²) in [7, 11) is 0. The lowest BCUT2D eigenvalue weighted by atomic mass is 9.87. The van der Waals surface area contributed by atoms with E-state index in [1.165, 1.54) is 17.9 Å². The maximum absolute atomic E-state index is 12.8. The monoisotopic (exact) mass is 687 g/mol. The van der Waals surface area contributed by atoms with Gasteiger partial charge in [-0.2, -0.15) is 0 Å². The van der Waals surface area contributed by atoms with E-state index in [-0.39, 0.29) is 60.5 Å². The first-order chi connectivity index (χ1) is 23.3. The summed E-state index contributed by atoms with van der Waals surface area (Å²) in [6.07, 6.45) is 12.4. The number of rotatable bonds is 13. The summed E-state index contributed by atoms with van der Waals surface area (Å²) < 4.78 is 24.2. The van der Waals surface area contributed by atoms with E-state index in [0.717, 1.165) is 37.7 Å². The highest BCUT2D eigenvalue weighted by molar-refractivity contribution is 5.87. The summed E-state index contributed by atoms with van der Waals surface area (Å²) in [5.74, 6) is -0.536. The molecule has 4 aliphatic rings. The van der Waals surface area contributed by atoms with E-state index in [2.05, 4.69) is 23.6 Å². The second-order valence-corrected chi connectivity index (χ2v) is 14.4. The number of likely N-dealkylation sites (tertiary alicyclic amines) is 1. The molecular formula is C37H57N3O9. The normalized spacial score (nSPS) is 34.2. The van der Waals surface area contributed by atoms with E-state index in [4.69, 9.17) is 18.9 Å². The molecule has 0 radical (unpaired) electrons. The van der Waals surface area contributed by atoms with Crippen LogP contribution in [0.2, 0.25) is 0 Å². The fraction of sp³-hybridized carbons (Fsp3) is 0.730. The second kappa shape index (κ2) is 17.6. The van der Waals surface area contributed by atoms with E-state index in [0.29, 0.717) is 32.5 Å². The van der Waals surface area contributed by atoms with E-state index >= 15 is 0 Å². The number of carboxylic acid groups (broad SMARTS) is 1. The van der Waals surface area contributed by atoms with Gasteiger partial charge in [0.05, 0.1) is 37.4 Å². The van der Waals surface area contributed by atoms with Gasteiger partial charge < -0.3 is 39.6 Å². The van der Waals surface area contributed by atoms with E-state index in [1.807, 2.05) is 45.9 Å². The molecule has 3 N–H and O–H groups in total. The van der Waals surface area contributed by atoms with Crippen molar-refractivity contribution in [3.63, 3.8) is 0 Å². The number of hydrogen-bond donors (Lipinski definition) is 3. The van der Waals surface area contributed by atoms with Crippen molar-refractivity contribution in [3.8, 4) is 0 Å². The molecule has 4 fully saturated rings. The molecule has 1 spiro atoms. The van der Waals surface area contributed by atoms with Gasteiger partial charge >= 0.3 is 12.1 Å². The van der Waals surface area contributed by atoms with Crippen molar-refractivity contribution in [2.75, 3.05) is 19.7 Å². The number of carbonyl (C=O) groups excluding carboxylic acids is 3. The summed E-state index contributed by atoms with van der Waals surface area (Å²) in [6, 6.07) is -0.251. The van der Waals surface area contributed by atoms with Crippen molar-refractivity contribution >= 4 is 23.9 Å². The number of hydrogen-bond acceptors (Lipinski definition) is 8. The molecule has 0 aliphatic carbocycles. The number of allylic oxidation sites excluding steroid dienone is 2. The number of esters is 1. The zero-order valence-electron chi connectivity index (χ0n) is 30.0. The van der Waals surface area contributed by atoms with Crippen molar-refractivity contribution in [1.82, 2.24) is 15.5 Å².